The van der Waals surface area contributed by atoms with Crippen LogP contribution in [0.4, 0.5) is 0 Å². The van der Waals surface area contributed by atoms with Gasteiger partial charge in [-0.05, 0) is 72.0 Å². The van der Waals surface area contributed by atoms with Crippen LogP contribution in [-0.4, -0.2) is 41.2 Å². The van der Waals surface area contributed by atoms with Crippen molar-refractivity contribution in [3.05, 3.63) is 105 Å². The van der Waals surface area contributed by atoms with Crippen LogP contribution in [0.1, 0.15) is 63.3 Å². The van der Waals surface area contributed by atoms with Gasteiger partial charge in [0.15, 0.2) is 0 Å². The summed E-state index contributed by atoms with van der Waals surface area (Å²) < 4.78 is 0. The number of hydrogen-bond donors (Lipinski definition) is 0. The summed E-state index contributed by atoms with van der Waals surface area (Å²) in [6.45, 7) is 9.10. The molecule has 1 aromatic heterocycles. The molecule has 3 aromatic rings. The third-order valence-corrected chi connectivity index (χ3v) is 7.75. The van der Waals surface area contributed by atoms with Gasteiger partial charge in [-0.25, -0.2) is 0 Å². The zero-order valence-corrected chi connectivity index (χ0v) is 21.5. The summed E-state index contributed by atoms with van der Waals surface area (Å²) in [5.74, 6) is -0.175. The van der Waals surface area contributed by atoms with E-state index < -0.39 is 0 Å². The topological polar surface area (TPSA) is 40.6 Å². The molecule has 2 amide bonds. The Morgan fingerprint density at radius 1 is 1.11 bits per heavy atom. The lowest BCUT2D eigenvalue weighted by Gasteiger charge is -2.38. The molecule has 1 unspecified atom stereocenters. The molecule has 0 saturated carbocycles. The SMILES string of the molecule is C=CCN(CC(=O)N1CCc2sccc2C1c1ccccc1C)C(=O)c1ccc(CCCC)cc1. The summed E-state index contributed by atoms with van der Waals surface area (Å²) in [4.78, 5) is 32.0. The van der Waals surface area contributed by atoms with E-state index in [4.69, 9.17) is 0 Å². The molecule has 35 heavy (non-hydrogen) atoms. The van der Waals surface area contributed by atoms with Crippen LogP contribution in [-0.2, 0) is 17.6 Å². The molecule has 0 saturated heterocycles. The smallest absolute Gasteiger partial charge is 0.254 e. The molecule has 0 N–H and O–H groups in total. The van der Waals surface area contributed by atoms with E-state index >= 15 is 0 Å². The first kappa shape index (κ1) is 24.9. The molecule has 4 rings (SSSR count). The number of rotatable bonds is 9. The molecule has 5 heteroatoms. The zero-order chi connectivity index (χ0) is 24.8. The number of benzene rings is 2. The number of nitrogens with zero attached hydrogens (tertiary/aromatic N) is 2. The molecular formula is C30H34N2O2S. The highest BCUT2D eigenvalue weighted by Crippen LogP contribution is 2.39. The number of thiophene rings is 1. The van der Waals surface area contributed by atoms with Gasteiger partial charge in [-0.15, -0.1) is 17.9 Å². The molecule has 0 spiro atoms. The summed E-state index contributed by atoms with van der Waals surface area (Å²) in [7, 11) is 0. The lowest BCUT2D eigenvalue weighted by molar-refractivity contribution is -0.133. The fourth-order valence-electron chi connectivity index (χ4n) is 4.82. The molecule has 0 fully saturated rings. The molecule has 0 radical (unpaired) electrons. The van der Waals surface area contributed by atoms with Gasteiger partial charge < -0.3 is 9.80 Å². The lowest BCUT2D eigenvalue weighted by Crippen LogP contribution is -2.47. The molecule has 1 aliphatic heterocycles. The monoisotopic (exact) mass is 486 g/mol. The number of amides is 2. The van der Waals surface area contributed by atoms with E-state index in [2.05, 4.69) is 44.0 Å². The second kappa shape index (κ2) is 11.5. The van der Waals surface area contributed by atoms with Crippen LogP contribution >= 0.6 is 11.3 Å². The Bertz CT molecular complexity index is 1180. The van der Waals surface area contributed by atoms with Gasteiger partial charge in [-0.2, -0.15) is 0 Å². The van der Waals surface area contributed by atoms with E-state index in [1.165, 1.54) is 16.0 Å². The molecule has 2 heterocycles. The van der Waals surface area contributed by atoms with Crippen LogP contribution in [0.2, 0.25) is 0 Å². The molecule has 1 aliphatic rings. The quantitative estimate of drug-likeness (QED) is 0.338. The Morgan fingerprint density at radius 2 is 1.89 bits per heavy atom. The minimum Gasteiger partial charge on any atom is -0.330 e. The number of unbranched alkanes of at least 4 members (excludes halogenated alkanes) is 1. The number of fused-ring (bicyclic) bond motifs is 1. The normalized spacial score (nSPS) is 14.9. The number of carbonyl (C=O) groups excluding carboxylic acids is 2. The zero-order valence-electron chi connectivity index (χ0n) is 20.7. The third-order valence-electron chi connectivity index (χ3n) is 6.75. The van der Waals surface area contributed by atoms with Crippen molar-refractivity contribution in [1.82, 2.24) is 9.80 Å². The Balaban J connectivity index is 1.56. The number of aryl methyl sites for hydroxylation is 2. The van der Waals surface area contributed by atoms with Crippen LogP contribution < -0.4 is 0 Å². The van der Waals surface area contributed by atoms with E-state index in [-0.39, 0.29) is 24.4 Å². The van der Waals surface area contributed by atoms with Crippen LogP contribution in [0.5, 0.6) is 0 Å². The second-order valence-corrected chi connectivity index (χ2v) is 10.2. The minimum atomic E-state index is -0.138. The lowest BCUT2D eigenvalue weighted by atomic mass is 9.90. The summed E-state index contributed by atoms with van der Waals surface area (Å²) in [6.07, 6.45) is 5.82. The summed E-state index contributed by atoms with van der Waals surface area (Å²) in [5, 5.41) is 2.11. The van der Waals surface area contributed by atoms with Gasteiger partial charge in [0.05, 0.1) is 6.04 Å². The van der Waals surface area contributed by atoms with Crippen molar-refractivity contribution in [1.29, 1.82) is 0 Å². The summed E-state index contributed by atoms with van der Waals surface area (Å²) in [6, 6.07) is 18.1. The third kappa shape index (κ3) is 5.57. The summed E-state index contributed by atoms with van der Waals surface area (Å²) >= 11 is 1.76. The van der Waals surface area contributed by atoms with Gasteiger partial charge in [0.1, 0.15) is 6.54 Å². The van der Waals surface area contributed by atoms with Crippen molar-refractivity contribution >= 4 is 23.2 Å². The predicted molar refractivity (Wildman–Crippen MR) is 144 cm³/mol. The van der Waals surface area contributed by atoms with Crippen molar-refractivity contribution < 1.29 is 9.59 Å². The maximum Gasteiger partial charge on any atom is 0.254 e. The average molecular weight is 487 g/mol. The first-order valence-corrected chi connectivity index (χ1v) is 13.3. The van der Waals surface area contributed by atoms with E-state index in [0.717, 1.165) is 36.8 Å². The van der Waals surface area contributed by atoms with Gasteiger partial charge in [-0.3, -0.25) is 9.59 Å². The van der Waals surface area contributed by atoms with Crippen molar-refractivity contribution in [2.45, 2.75) is 45.6 Å². The van der Waals surface area contributed by atoms with Crippen molar-refractivity contribution in [3.63, 3.8) is 0 Å². The van der Waals surface area contributed by atoms with Gasteiger partial charge >= 0.3 is 0 Å². The van der Waals surface area contributed by atoms with Crippen molar-refractivity contribution in [3.8, 4) is 0 Å². The highest BCUT2D eigenvalue weighted by Gasteiger charge is 2.34. The molecule has 4 nitrogen and oxygen atoms in total. The first-order valence-electron chi connectivity index (χ1n) is 12.4. The maximum atomic E-state index is 13.7. The second-order valence-electron chi connectivity index (χ2n) is 9.17. The Morgan fingerprint density at radius 3 is 2.60 bits per heavy atom. The van der Waals surface area contributed by atoms with Gasteiger partial charge in [0.2, 0.25) is 5.91 Å². The van der Waals surface area contributed by atoms with E-state index in [9.17, 15) is 9.59 Å². The predicted octanol–water partition coefficient (Wildman–Crippen LogP) is 6.20. The van der Waals surface area contributed by atoms with Crippen molar-refractivity contribution in [2.75, 3.05) is 19.6 Å². The fourth-order valence-corrected chi connectivity index (χ4v) is 5.72. The standard InChI is InChI=1S/C30H34N2O2S/c1-4-6-10-23-12-14-24(15-13-23)30(34)31(18-5-2)21-28(33)32-19-16-27-26(17-20-35-27)29(32)25-11-8-7-9-22(25)3/h5,7-9,11-15,17,20,29H,2,4,6,10,16,18-19,21H2,1,3H3. The largest absolute Gasteiger partial charge is 0.330 e. The summed E-state index contributed by atoms with van der Waals surface area (Å²) in [5.41, 5.74) is 5.35. The molecular weight excluding hydrogens is 452 g/mol. The van der Waals surface area contributed by atoms with Gasteiger partial charge in [0.25, 0.3) is 5.91 Å². The molecule has 0 bridgehead atoms. The highest BCUT2D eigenvalue weighted by atomic mass is 32.1. The first-order chi connectivity index (χ1) is 17.0. The number of hydrogen-bond acceptors (Lipinski definition) is 3. The van der Waals surface area contributed by atoms with E-state index in [0.29, 0.717) is 18.7 Å². The minimum absolute atomic E-state index is 0.0320. The van der Waals surface area contributed by atoms with Gasteiger partial charge in [-0.1, -0.05) is 55.8 Å². The Hall–Kier alpha value is -3.18. The molecule has 0 aliphatic carbocycles. The van der Waals surface area contributed by atoms with Gasteiger partial charge in [0, 0.05) is 23.5 Å². The maximum absolute atomic E-state index is 13.7. The highest BCUT2D eigenvalue weighted by molar-refractivity contribution is 7.10. The molecule has 1 atom stereocenters. The Kier molecular flexibility index (Phi) is 8.19. The van der Waals surface area contributed by atoms with Crippen LogP contribution in [0.3, 0.4) is 0 Å². The van der Waals surface area contributed by atoms with E-state index in [1.54, 1.807) is 22.3 Å². The number of carbonyl (C=O) groups is 2. The average Bonchev–Trinajstić information content (AvgIpc) is 3.36. The molecule has 2 aromatic carbocycles. The van der Waals surface area contributed by atoms with Crippen LogP contribution in [0.15, 0.2) is 72.6 Å². The van der Waals surface area contributed by atoms with Crippen molar-refractivity contribution in [2.24, 2.45) is 0 Å². The van der Waals surface area contributed by atoms with Crippen LogP contribution in [0, 0.1) is 6.92 Å². The molecule has 182 valence electrons. The van der Waals surface area contributed by atoms with E-state index in [1.807, 2.05) is 41.3 Å². The Labute approximate surface area is 212 Å². The van der Waals surface area contributed by atoms with Crippen LogP contribution in [0.25, 0.3) is 0 Å². The fraction of sp³-hybridized carbons (Fsp3) is 0.333.